The molecule has 5 rings (SSSR count). The lowest BCUT2D eigenvalue weighted by atomic mass is 10.1. The normalized spacial score (nSPS) is 15.1. The number of rotatable bonds is 10. The molecule has 4 aromatic rings. The minimum absolute atomic E-state index is 0.470. The molecule has 0 radical (unpaired) electrons. The van der Waals surface area contributed by atoms with Crippen molar-refractivity contribution in [3.63, 3.8) is 0 Å². The van der Waals surface area contributed by atoms with Gasteiger partial charge in [-0.2, -0.15) is 4.98 Å². The van der Waals surface area contributed by atoms with E-state index in [0.29, 0.717) is 17.8 Å². The first-order chi connectivity index (χ1) is 19.8. The zero-order chi connectivity index (χ0) is 29.1. The van der Waals surface area contributed by atoms with Gasteiger partial charge in [-0.3, -0.25) is 9.97 Å². The van der Waals surface area contributed by atoms with Gasteiger partial charge in [0, 0.05) is 66.0 Å². The van der Waals surface area contributed by atoms with Crippen molar-refractivity contribution in [3.05, 3.63) is 60.6 Å². The lowest BCUT2D eigenvalue weighted by Gasteiger charge is -2.25. The van der Waals surface area contributed by atoms with Crippen molar-refractivity contribution in [2.75, 3.05) is 63.2 Å². The summed E-state index contributed by atoms with van der Waals surface area (Å²) in [7, 11) is 5.54. The van der Waals surface area contributed by atoms with Gasteiger partial charge in [-0.25, -0.2) is 4.98 Å². The zero-order valence-corrected chi connectivity index (χ0v) is 25.7. The van der Waals surface area contributed by atoms with E-state index in [2.05, 4.69) is 88.4 Å². The van der Waals surface area contributed by atoms with Crippen LogP contribution in [0.2, 0.25) is 0 Å². The summed E-state index contributed by atoms with van der Waals surface area (Å²) in [5.74, 6) is 1.89. The molecule has 2 aromatic carbocycles. The summed E-state index contributed by atoms with van der Waals surface area (Å²) in [5.41, 5.74) is 6.87. The van der Waals surface area contributed by atoms with Crippen LogP contribution in [-0.2, 0) is 6.42 Å². The van der Waals surface area contributed by atoms with E-state index in [0.717, 1.165) is 65.0 Å². The molecule has 1 aliphatic heterocycles. The Morgan fingerprint density at radius 3 is 2.61 bits per heavy atom. The van der Waals surface area contributed by atoms with Gasteiger partial charge in [0.05, 0.1) is 23.8 Å². The number of nitrogens with one attached hydrogen (secondary N) is 2. The molecule has 1 atom stereocenters. The van der Waals surface area contributed by atoms with Crippen molar-refractivity contribution in [2.24, 2.45) is 0 Å². The number of benzene rings is 2. The molecule has 2 N–H and O–H groups in total. The lowest BCUT2D eigenvalue weighted by molar-refractivity contribution is 0.315. The van der Waals surface area contributed by atoms with Gasteiger partial charge >= 0.3 is 0 Å². The highest BCUT2D eigenvalue weighted by atomic mass is 31.1. The highest BCUT2D eigenvalue weighted by Gasteiger charge is 2.26. The summed E-state index contributed by atoms with van der Waals surface area (Å²) in [6.07, 6.45) is 9.06. The smallest absolute Gasteiger partial charge is 0.229 e. The van der Waals surface area contributed by atoms with Crippen LogP contribution in [0.3, 0.4) is 0 Å². The summed E-state index contributed by atoms with van der Waals surface area (Å²) in [4.78, 5) is 23.4. The number of anilines is 5. The molecular weight excluding hydrogens is 531 g/mol. The van der Waals surface area contributed by atoms with Crippen LogP contribution >= 0.6 is 7.92 Å². The summed E-state index contributed by atoms with van der Waals surface area (Å²) >= 11 is 0. The summed E-state index contributed by atoms with van der Waals surface area (Å²) < 4.78 is 5.85. The molecule has 0 saturated carbocycles. The fraction of sp³-hybridized carbons (Fsp3) is 0.355. The number of nitrogens with zero attached hydrogens (tertiary/aromatic N) is 6. The fourth-order valence-corrected chi connectivity index (χ4v) is 6.57. The van der Waals surface area contributed by atoms with E-state index < -0.39 is 7.92 Å². The van der Waals surface area contributed by atoms with E-state index in [1.807, 2.05) is 12.1 Å². The maximum atomic E-state index is 5.85. The van der Waals surface area contributed by atoms with E-state index in [9.17, 15) is 0 Å². The largest absolute Gasteiger partial charge is 0.494 e. The van der Waals surface area contributed by atoms with Crippen molar-refractivity contribution in [1.82, 2.24) is 24.8 Å². The molecule has 9 nitrogen and oxygen atoms in total. The first-order valence-corrected chi connectivity index (χ1v) is 16.1. The third kappa shape index (κ3) is 5.97. The first-order valence-electron chi connectivity index (χ1n) is 13.9. The SMILES string of the molecule is C=Cc1cnc(Nc2cc(CC)c(N3CCC(N(C)C)C3)cc2OC)nc1Nc1ccc2nccnc2c1P(C)C. The second-order valence-corrected chi connectivity index (χ2v) is 12.9. The topological polar surface area (TPSA) is 91.3 Å². The Morgan fingerprint density at radius 1 is 1.12 bits per heavy atom. The van der Waals surface area contributed by atoms with Gasteiger partial charge in [0.15, 0.2) is 0 Å². The van der Waals surface area contributed by atoms with Crippen LogP contribution in [0.1, 0.15) is 24.5 Å². The number of aryl methyl sites for hydroxylation is 1. The monoisotopic (exact) mass is 570 g/mol. The maximum absolute atomic E-state index is 5.85. The van der Waals surface area contributed by atoms with Crippen LogP contribution in [0.4, 0.5) is 28.8 Å². The van der Waals surface area contributed by atoms with E-state index in [1.54, 1.807) is 31.8 Å². The van der Waals surface area contributed by atoms with Crippen LogP contribution in [0, 0.1) is 0 Å². The average molecular weight is 571 g/mol. The summed E-state index contributed by atoms with van der Waals surface area (Å²) in [6.45, 7) is 12.7. The molecule has 1 fully saturated rings. The maximum Gasteiger partial charge on any atom is 0.229 e. The molecule has 1 aliphatic rings. The van der Waals surface area contributed by atoms with Gasteiger partial charge in [-0.05, 0) is 64.0 Å². The Morgan fingerprint density at radius 2 is 1.93 bits per heavy atom. The number of fused-ring (bicyclic) bond motifs is 1. The van der Waals surface area contributed by atoms with Crippen molar-refractivity contribution in [1.29, 1.82) is 0 Å². The Hall–Kier alpha value is -3.81. The molecule has 2 aromatic heterocycles. The van der Waals surface area contributed by atoms with Gasteiger partial charge in [0.2, 0.25) is 5.95 Å². The van der Waals surface area contributed by atoms with E-state index in [-0.39, 0.29) is 0 Å². The molecule has 1 saturated heterocycles. The molecule has 214 valence electrons. The van der Waals surface area contributed by atoms with Crippen LogP contribution in [0.25, 0.3) is 17.1 Å². The Labute approximate surface area is 243 Å². The highest BCUT2D eigenvalue weighted by molar-refractivity contribution is 7.65. The van der Waals surface area contributed by atoms with Gasteiger partial charge < -0.3 is 25.2 Å². The Kier molecular flexibility index (Phi) is 8.66. The minimum Gasteiger partial charge on any atom is -0.494 e. The third-order valence-electron chi connectivity index (χ3n) is 7.61. The van der Waals surface area contributed by atoms with Crippen molar-refractivity contribution < 1.29 is 4.74 Å². The Bertz CT molecular complexity index is 1560. The predicted molar refractivity (Wildman–Crippen MR) is 173 cm³/mol. The van der Waals surface area contributed by atoms with Gasteiger partial charge in [0.25, 0.3) is 0 Å². The second-order valence-electron chi connectivity index (χ2n) is 10.6. The number of ether oxygens (including phenoxy) is 1. The van der Waals surface area contributed by atoms with Crippen molar-refractivity contribution in [2.45, 2.75) is 25.8 Å². The van der Waals surface area contributed by atoms with Crippen LogP contribution in [0.15, 0.2) is 49.4 Å². The molecule has 41 heavy (non-hydrogen) atoms. The van der Waals surface area contributed by atoms with Gasteiger partial charge in [-0.1, -0.05) is 27.5 Å². The summed E-state index contributed by atoms with van der Waals surface area (Å²) in [6, 6.07) is 8.89. The fourth-order valence-electron chi connectivity index (χ4n) is 5.36. The molecule has 10 heteroatoms. The molecule has 3 heterocycles. The van der Waals surface area contributed by atoms with E-state index >= 15 is 0 Å². The van der Waals surface area contributed by atoms with Crippen LogP contribution in [-0.4, -0.2) is 78.5 Å². The van der Waals surface area contributed by atoms with E-state index in [4.69, 9.17) is 9.72 Å². The lowest BCUT2D eigenvalue weighted by Crippen LogP contribution is -2.31. The van der Waals surface area contributed by atoms with Crippen LogP contribution < -0.4 is 25.6 Å². The number of hydrogen-bond donors (Lipinski definition) is 2. The van der Waals surface area contributed by atoms with E-state index in [1.165, 1.54) is 11.3 Å². The molecular formula is C31H39N8OP. The number of aromatic nitrogens is 4. The van der Waals surface area contributed by atoms with Gasteiger partial charge in [-0.15, -0.1) is 0 Å². The quantitative estimate of drug-likeness (QED) is 0.236. The summed E-state index contributed by atoms with van der Waals surface area (Å²) in [5, 5.41) is 8.12. The first kappa shape index (κ1) is 28.7. The average Bonchev–Trinajstić information content (AvgIpc) is 3.47. The number of likely N-dealkylation sites (N-methyl/N-ethyl adjacent to an activating group) is 1. The number of methoxy groups -OCH3 is 1. The highest BCUT2D eigenvalue weighted by Crippen LogP contribution is 2.38. The number of hydrogen-bond acceptors (Lipinski definition) is 9. The molecule has 0 bridgehead atoms. The van der Waals surface area contributed by atoms with Crippen molar-refractivity contribution in [3.8, 4) is 5.75 Å². The third-order valence-corrected chi connectivity index (χ3v) is 8.96. The van der Waals surface area contributed by atoms with Gasteiger partial charge in [0.1, 0.15) is 11.6 Å². The molecule has 1 unspecified atom stereocenters. The molecule has 0 amide bonds. The molecule has 0 spiro atoms. The molecule has 0 aliphatic carbocycles. The Balaban J connectivity index is 1.47. The standard InChI is InChI=1S/C31H39N8OP/c1-8-20-16-25(27(40-5)17-26(20)39-15-12-22(19-39)38(3)4)36-31-34-18-21(9-2)30(37-31)35-24-11-10-23-28(29(24)41(6)7)33-14-13-32-23/h9-11,13-14,16-18,22H,2,8,12,15,19H2,1,3-7H3,(H2,34,35,36,37). The van der Waals surface area contributed by atoms with Crippen molar-refractivity contribution >= 4 is 59.2 Å². The predicted octanol–water partition coefficient (Wildman–Crippen LogP) is 5.63. The minimum atomic E-state index is -0.473. The van der Waals surface area contributed by atoms with Crippen LogP contribution in [0.5, 0.6) is 5.75 Å². The zero-order valence-electron chi connectivity index (χ0n) is 24.8. The second kappa shape index (κ2) is 12.4.